The molecular weight excluding hydrogens is 229 g/mol. The molecule has 1 aliphatic rings. The minimum absolute atomic E-state index is 0.142. The van der Waals surface area contributed by atoms with Crippen molar-refractivity contribution in [3.05, 3.63) is 29.6 Å². The predicted octanol–water partition coefficient (Wildman–Crippen LogP) is 3.68. The van der Waals surface area contributed by atoms with Crippen molar-refractivity contribution in [2.24, 2.45) is 5.92 Å². The van der Waals surface area contributed by atoms with Crippen LogP contribution in [-0.2, 0) is 0 Å². The zero-order chi connectivity index (χ0) is 13.0. The summed E-state index contributed by atoms with van der Waals surface area (Å²) in [5.41, 5.74) is 0.774. The Kier molecular flexibility index (Phi) is 4.59. The largest absolute Gasteiger partial charge is 0.497 e. The Balaban J connectivity index is 2.11. The van der Waals surface area contributed by atoms with E-state index in [1.54, 1.807) is 7.11 Å². The molecule has 0 bridgehead atoms. The lowest BCUT2D eigenvalue weighted by atomic mass is 10.00. The van der Waals surface area contributed by atoms with Gasteiger partial charge in [-0.3, -0.25) is 0 Å². The summed E-state index contributed by atoms with van der Waals surface area (Å²) in [7, 11) is 1.56. The Morgan fingerprint density at radius 2 is 2.22 bits per heavy atom. The molecule has 18 heavy (non-hydrogen) atoms. The Labute approximate surface area is 109 Å². The molecule has 0 aliphatic heterocycles. The molecule has 0 amide bonds. The van der Waals surface area contributed by atoms with Crippen LogP contribution in [0.1, 0.15) is 44.2 Å². The van der Waals surface area contributed by atoms with E-state index in [4.69, 9.17) is 4.74 Å². The number of hydrogen-bond donors (Lipinski definition) is 1. The Hall–Kier alpha value is -1.09. The third kappa shape index (κ3) is 3.45. The van der Waals surface area contributed by atoms with E-state index in [1.165, 1.54) is 18.9 Å². The number of methoxy groups -OCH3 is 1. The zero-order valence-electron chi connectivity index (χ0n) is 11.2. The molecule has 2 nitrogen and oxygen atoms in total. The summed E-state index contributed by atoms with van der Waals surface area (Å²) in [6.45, 7) is 3.06. The minimum Gasteiger partial charge on any atom is -0.497 e. The fourth-order valence-electron chi connectivity index (χ4n) is 2.24. The molecule has 1 fully saturated rings. The SMILES string of the molecule is CCCNC(CC1CC1)c1ccc(OC)cc1F. The Bertz CT molecular complexity index is 390. The first kappa shape index (κ1) is 13.3. The maximum absolute atomic E-state index is 14.1. The third-order valence-electron chi connectivity index (χ3n) is 3.49. The number of benzene rings is 1. The van der Waals surface area contributed by atoms with Crippen LogP contribution in [-0.4, -0.2) is 13.7 Å². The van der Waals surface area contributed by atoms with Gasteiger partial charge < -0.3 is 10.1 Å². The van der Waals surface area contributed by atoms with Crippen molar-refractivity contribution in [2.75, 3.05) is 13.7 Å². The molecule has 100 valence electrons. The molecule has 0 spiro atoms. The molecule has 1 unspecified atom stereocenters. The van der Waals surface area contributed by atoms with Crippen LogP contribution in [0.15, 0.2) is 18.2 Å². The van der Waals surface area contributed by atoms with Gasteiger partial charge in [0, 0.05) is 17.7 Å². The van der Waals surface area contributed by atoms with Crippen LogP contribution in [0, 0.1) is 11.7 Å². The highest BCUT2D eigenvalue weighted by Crippen LogP contribution is 2.38. The Morgan fingerprint density at radius 1 is 1.44 bits per heavy atom. The van der Waals surface area contributed by atoms with Gasteiger partial charge in [0.2, 0.25) is 0 Å². The summed E-state index contributed by atoms with van der Waals surface area (Å²) in [6, 6.07) is 5.31. The lowest BCUT2D eigenvalue weighted by Gasteiger charge is -2.19. The summed E-state index contributed by atoms with van der Waals surface area (Å²) in [5.74, 6) is 1.20. The third-order valence-corrected chi connectivity index (χ3v) is 3.49. The van der Waals surface area contributed by atoms with Crippen LogP contribution < -0.4 is 10.1 Å². The van der Waals surface area contributed by atoms with Gasteiger partial charge in [-0.2, -0.15) is 0 Å². The van der Waals surface area contributed by atoms with Crippen molar-refractivity contribution in [3.63, 3.8) is 0 Å². The highest BCUT2D eigenvalue weighted by atomic mass is 19.1. The van der Waals surface area contributed by atoms with E-state index in [0.717, 1.165) is 30.9 Å². The molecule has 0 heterocycles. The van der Waals surface area contributed by atoms with Gasteiger partial charge >= 0.3 is 0 Å². The number of nitrogens with one attached hydrogen (secondary N) is 1. The first-order valence-electron chi connectivity index (χ1n) is 6.81. The number of hydrogen-bond acceptors (Lipinski definition) is 2. The van der Waals surface area contributed by atoms with Gasteiger partial charge in [0.05, 0.1) is 7.11 Å². The van der Waals surface area contributed by atoms with Crippen molar-refractivity contribution in [3.8, 4) is 5.75 Å². The molecule has 0 radical (unpaired) electrons. The average Bonchev–Trinajstić information content (AvgIpc) is 3.18. The molecule has 0 saturated heterocycles. The second kappa shape index (κ2) is 6.19. The van der Waals surface area contributed by atoms with Crippen molar-refractivity contribution >= 4 is 0 Å². The smallest absolute Gasteiger partial charge is 0.131 e. The van der Waals surface area contributed by atoms with Crippen LogP contribution in [0.5, 0.6) is 5.75 Å². The summed E-state index contributed by atoms with van der Waals surface area (Å²) in [5, 5.41) is 3.45. The lowest BCUT2D eigenvalue weighted by molar-refractivity contribution is 0.407. The average molecular weight is 251 g/mol. The number of halogens is 1. The second-order valence-corrected chi connectivity index (χ2v) is 5.07. The molecular formula is C15H22FNO. The first-order chi connectivity index (χ1) is 8.74. The minimum atomic E-state index is -0.163. The summed E-state index contributed by atoms with van der Waals surface area (Å²) >= 11 is 0. The molecule has 1 aromatic rings. The van der Waals surface area contributed by atoms with E-state index in [-0.39, 0.29) is 11.9 Å². The fourth-order valence-corrected chi connectivity index (χ4v) is 2.24. The Morgan fingerprint density at radius 3 is 2.78 bits per heavy atom. The van der Waals surface area contributed by atoms with Gasteiger partial charge in [0.1, 0.15) is 11.6 Å². The second-order valence-electron chi connectivity index (χ2n) is 5.07. The fraction of sp³-hybridized carbons (Fsp3) is 0.600. The molecule has 0 aromatic heterocycles. The standard InChI is InChI=1S/C15H22FNO/c1-3-8-17-15(9-11-4-5-11)13-7-6-12(18-2)10-14(13)16/h6-7,10-11,15,17H,3-5,8-9H2,1-2H3. The van der Waals surface area contributed by atoms with Crippen LogP contribution in [0.25, 0.3) is 0 Å². The van der Waals surface area contributed by atoms with E-state index < -0.39 is 0 Å². The lowest BCUT2D eigenvalue weighted by Crippen LogP contribution is -2.23. The van der Waals surface area contributed by atoms with E-state index in [2.05, 4.69) is 12.2 Å². The molecule has 1 atom stereocenters. The van der Waals surface area contributed by atoms with Crippen LogP contribution in [0.4, 0.5) is 4.39 Å². The van der Waals surface area contributed by atoms with Gasteiger partial charge in [-0.1, -0.05) is 25.8 Å². The first-order valence-corrected chi connectivity index (χ1v) is 6.81. The van der Waals surface area contributed by atoms with Gasteiger partial charge in [0.25, 0.3) is 0 Å². The zero-order valence-corrected chi connectivity index (χ0v) is 11.2. The highest BCUT2D eigenvalue weighted by molar-refractivity contribution is 5.31. The molecule has 1 aliphatic carbocycles. The van der Waals surface area contributed by atoms with Gasteiger partial charge in [-0.25, -0.2) is 4.39 Å². The predicted molar refractivity (Wildman–Crippen MR) is 71.3 cm³/mol. The van der Waals surface area contributed by atoms with Gasteiger partial charge in [0.15, 0.2) is 0 Å². The van der Waals surface area contributed by atoms with Crippen LogP contribution in [0.2, 0.25) is 0 Å². The maximum Gasteiger partial charge on any atom is 0.131 e. The van der Waals surface area contributed by atoms with Crippen molar-refractivity contribution in [1.29, 1.82) is 0 Å². The monoisotopic (exact) mass is 251 g/mol. The number of rotatable bonds is 7. The van der Waals surface area contributed by atoms with Crippen molar-refractivity contribution in [1.82, 2.24) is 5.32 Å². The van der Waals surface area contributed by atoms with Crippen LogP contribution >= 0.6 is 0 Å². The molecule has 2 rings (SSSR count). The van der Waals surface area contributed by atoms with E-state index in [0.29, 0.717) is 5.75 Å². The molecule has 1 N–H and O–H groups in total. The van der Waals surface area contributed by atoms with Gasteiger partial charge in [-0.15, -0.1) is 0 Å². The van der Waals surface area contributed by atoms with Crippen LogP contribution in [0.3, 0.4) is 0 Å². The van der Waals surface area contributed by atoms with Crippen molar-refractivity contribution in [2.45, 2.75) is 38.6 Å². The van der Waals surface area contributed by atoms with E-state index in [9.17, 15) is 4.39 Å². The highest BCUT2D eigenvalue weighted by Gasteiger charge is 2.27. The molecule has 3 heteroatoms. The maximum atomic E-state index is 14.1. The van der Waals surface area contributed by atoms with E-state index in [1.807, 2.05) is 12.1 Å². The topological polar surface area (TPSA) is 21.3 Å². The van der Waals surface area contributed by atoms with Gasteiger partial charge in [-0.05, 0) is 31.4 Å². The number of ether oxygens (including phenoxy) is 1. The summed E-state index contributed by atoms with van der Waals surface area (Å²) in [6.07, 6.45) is 4.70. The summed E-state index contributed by atoms with van der Waals surface area (Å²) in [4.78, 5) is 0. The summed E-state index contributed by atoms with van der Waals surface area (Å²) < 4.78 is 19.1. The quantitative estimate of drug-likeness (QED) is 0.798. The van der Waals surface area contributed by atoms with E-state index >= 15 is 0 Å². The molecule has 1 saturated carbocycles. The normalized spacial score (nSPS) is 16.6. The molecule has 1 aromatic carbocycles. The van der Waals surface area contributed by atoms with Crippen molar-refractivity contribution < 1.29 is 9.13 Å².